The Hall–Kier alpha value is -0.810. The highest BCUT2D eigenvalue weighted by Gasteiger charge is 2.18. The number of nitrogens with zero attached hydrogens (tertiary/aromatic N) is 3. The third-order valence-electron chi connectivity index (χ3n) is 3.80. The van der Waals surface area contributed by atoms with Crippen LogP contribution in [-0.2, 0) is 6.54 Å². The molecule has 1 N–H and O–H groups in total. The van der Waals surface area contributed by atoms with Crippen molar-refractivity contribution in [1.29, 1.82) is 0 Å². The van der Waals surface area contributed by atoms with Gasteiger partial charge in [0, 0.05) is 56.4 Å². The number of benzene rings is 1. The van der Waals surface area contributed by atoms with Crippen LogP contribution in [0.3, 0.4) is 0 Å². The van der Waals surface area contributed by atoms with Gasteiger partial charge in [-0.2, -0.15) is 0 Å². The van der Waals surface area contributed by atoms with Gasteiger partial charge >= 0.3 is 0 Å². The Balaban J connectivity index is 1.82. The Morgan fingerprint density at radius 1 is 1.15 bits per heavy atom. The number of hydrogen-bond donors (Lipinski definition) is 1. The number of phenolic OH excluding ortho intramolecular Hbond substituents is 1. The molecule has 1 saturated heterocycles. The molecule has 0 bridgehead atoms. The van der Waals surface area contributed by atoms with Crippen LogP contribution in [-0.4, -0.2) is 73.2 Å². The first-order valence-corrected chi connectivity index (χ1v) is 7.50. The highest BCUT2D eigenvalue weighted by Crippen LogP contribution is 2.26. The van der Waals surface area contributed by atoms with Crippen molar-refractivity contribution in [1.82, 2.24) is 14.7 Å². The maximum Gasteiger partial charge on any atom is 0.121 e. The van der Waals surface area contributed by atoms with Crippen LogP contribution < -0.4 is 0 Å². The van der Waals surface area contributed by atoms with Gasteiger partial charge in [0.2, 0.25) is 0 Å². The van der Waals surface area contributed by atoms with E-state index in [1.165, 1.54) is 0 Å². The average Bonchev–Trinajstić information content (AvgIpc) is 2.42. The second-order valence-corrected chi connectivity index (χ2v) is 6.07. The molecular formula is C15H24ClN3O. The number of aromatic hydroxyl groups is 1. The van der Waals surface area contributed by atoms with Crippen LogP contribution in [0.2, 0.25) is 5.02 Å². The molecule has 20 heavy (non-hydrogen) atoms. The summed E-state index contributed by atoms with van der Waals surface area (Å²) >= 11 is 6.16. The van der Waals surface area contributed by atoms with Gasteiger partial charge in [0.15, 0.2) is 0 Å². The summed E-state index contributed by atoms with van der Waals surface area (Å²) in [6.45, 7) is 7.17. The molecule has 0 unspecified atom stereocenters. The van der Waals surface area contributed by atoms with Gasteiger partial charge < -0.3 is 10.0 Å². The van der Waals surface area contributed by atoms with E-state index in [1.807, 2.05) is 6.07 Å². The highest BCUT2D eigenvalue weighted by atomic mass is 35.5. The highest BCUT2D eigenvalue weighted by molar-refractivity contribution is 6.31. The van der Waals surface area contributed by atoms with Crippen LogP contribution in [0.15, 0.2) is 18.2 Å². The maximum atomic E-state index is 9.89. The van der Waals surface area contributed by atoms with Crippen LogP contribution in [0.25, 0.3) is 0 Å². The zero-order valence-corrected chi connectivity index (χ0v) is 13.1. The van der Waals surface area contributed by atoms with E-state index in [-0.39, 0.29) is 0 Å². The molecule has 4 nitrogen and oxygen atoms in total. The SMILES string of the molecule is CN(C)CCN1CCN(Cc2c(O)cccc2Cl)CC1. The van der Waals surface area contributed by atoms with Crippen LogP contribution >= 0.6 is 11.6 Å². The number of halogens is 1. The van der Waals surface area contributed by atoms with Gasteiger partial charge in [-0.25, -0.2) is 0 Å². The summed E-state index contributed by atoms with van der Waals surface area (Å²) < 4.78 is 0. The van der Waals surface area contributed by atoms with Gasteiger partial charge in [0.1, 0.15) is 5.75 Å². The Kier molecular flexibility index (Phi) is 5.66. The van der Waals surface area contributed by atoms with Gasteiger partial charge in [-0.3, -0.25) is 9.80 Å². The van der Waals surface area contributed by atoms with E-state index < -0.39 is 0 Å². The summed E-state index contributed by atoms with van der Waals surface area (Å²) in [5.74, 6) is 0.299. The predicted molar refractivity (Wildman–Crippen MR) is 83.4 cm³/mol. The first kappa shape index (κ1) is 15.6. The molecule has 1 heterocycles. The zero-order valence-electron chi connectivity index (χ0n) is 12.3. The van der Waals surface area contributed by atoms with Crippen molar-refractivity contribution in [2.45, 2.75) is 6.54 Å². The Morgan fingerprint density at radius 2 is 1.80 bits per heavy atom. The summed E-state index contributed by atoms with van der Waals surface area (Å²) in [5, 5.41) is 10.5. The van der Waals surface area contributed by atoms with E-state index in [0.29, 0.717) is 10.8 Å². The van der Waals surface area contributed by atoms with Crippen LogP contribution in [0.4, 0.5) is 0 Å². The van der Waals surface area contributed by atoms with Gasteiger partial charge in [-0.1, -0.05) is 17.7 Å². The maximum absolute atomic E-state index is 9.89. The van der Waals surface area contributed by atoms with Crippen LogP contribution in [0.1, 0.15) is 5.56 Å². The molecule has 1 aliphatic heterocycles. The topological polar surface area (TPSA) is 30.0 Å². The normalized spacial score (nSPS) is 17.8. The molecule has 1 fully saturated rings. The van der Waals surface area contributed by atoms with Crippen LogP contribution in [0, 0.1) is 0 Å². The molecule has 5 heteroatoms. The van der Waals surface area contributed by atoms with E-state index in [9.17, 15) is 5.11 Å². The lowest BCUT2D eigenvalue weighted by molar-refractivity contribution is 0.120. The smallest absolute Gasteiger partial charge is 0.121 e. The van der Waals surface area contributed by atoms with Crippen molar-refractivity contribution >= 4 is 11.6 Å². The Labute approximate surface area is 126 Å². The molecule has 0 aromatic heterocycles. The molecule has 0 atom stereocenters. The summed E-state index contributed by atoms with van der Waals surface area (Å²) in [6, 6.07) is 5.32. The molecule has 0 radical (unpaired) electrons. The lowest BCUT2D eigenvalue weighted by atomic mass is 10.1. The fourth-order valence-electron chi connectivity index (χ4n) is 2.44. The molecule has 1 aromatic rings. The van der Waals surface area contributed by atoms with Crippen molar-refractivity contribution in [3.63, 3.8) is 0 Å². The summed E-state index contributed by atoms with van der Waals surface area (Å²) in [6.07, 6.45) is 0. The number of likely N-dealkylation sites (N-methyl/N-ethyl adjacent to an activating group) is 1. The average molecular weight is 298 g/mol. The molecule has 2 rings (SSSR count). The van der Waals surface area contributed by atoms with Crippen molar-refractivity contribution in [2.75, 3.05) is 53.4 Å². The first-order valence-electron chi connectivity index (χ1n) is 7.12. The molecule has 0 saturated carbocycles. The summed E-state index contributed by atoms with van der Waals surface area (Å²) in [5.41, 5.74) is 0.843. The minimum Gasteiger partial charge on any atom is -0.508 e. The second-order valence-electron chi connectivity index (χ2n) is 5.66. The van der Waals surface area contributed by atoms with Gasteiger partial charge in [0.05, 0.1) is 0 Å². The van der Waals surface area contributed by atoms with E-state index in [2.05, 4.69) is 28.8 Å². The van der Waals surface area contributed by atoms with E-state index in [1.54, 1.807) is 12.1 Å². The van der Waals surface area contributed by atoms with Crippen molar-refractivity contribution < 1.29 is 5.11 Å². The predicted octanol–water partition coefficient (Wildman–Crippen LogP) is 1.72. The quantitative estimate of drug-likeness (QED) is 0.896. The fraction of sp³-hybridized carbons (Fsp3) is 0.600. The van der Waals surface area contributed by atoms with Crippen molar-refractivity contribution in [3.05, 3.63) is 28.8 Å². The standard InChI is InChI=1S/C15H24ClN3O/c1-17(2)6-7-18-8-10-19(11-9-18)12-13-14(16)4-3-5-15(13)20/h3-5,20H,6-12H2,1-2H3. The largest absolute Gasteiger partial charge is 0.508 e. The fourth-order valence-corrected chi connectivity index (χ4v) is 2.67. The molecule has 0 aliphatic carbocycles. The van der Waals surface area contributed by atoms with Gasteiger partial charge in [-0.05, 0) is 26.2 Å². The molecule has 1 aliphatic rings. The monoisotopic (exact) mass is 297 g/mol. The van der Waals surface area contributed by atoms with Gasteiger partial charge in [-0.15, -0.1) is 0 Å². The number of phenols is 1. The minimum absolute atomic E-state index is 0.299. The zero-order chi connectivity index (χ0) is 14.5. The molecule has 0 spiro atoms. The summed E-state index contributed by atoms with van der Waals surface area (Å²) in [7, 11) is 4.22. The molecular weight excluding hydrogens is 274 g/mol. The number of hydrogen-bond acceptors (Lipinski definition) is 4. The molecule has 0 amide bonds. The van der Waals surface area contributed by atoms with E-state index in [0.717, 1.165) is 51.4 Å². The van der Waals surface area contributed by atoms with Crippen molar-refractivity contribution in [3.8, 4) is 5.75 Å². The minimum atomic E-state index is 0.299. The number of piperazine rings is 1. The number of rotatable bonds is 5. The summed E-state index contributed by atoms with van der Waals surface area (Å²) in [4.78, 5) is 7.06. The Bertz CT molecular complexity index is 411. The van der Waals surface area contributed by atoms with E-state index in [4.69, 9.17) is 11.6 Å². The second kappa shape index (κ2) is 7.27. The third-order valence-corrected chi connectivity index (χ3v) is 4.16. The first-order chi connectivity index (χ1) is 9.56. The van der Waals surface area contributed by atoms with Crippen molar-refractivity contribution in [2.24, 2.45) is 0 Å². The van der Waals surface area contributed by atoms with E-state index >= 15 is 0 Å². The molecule has 1 aromatic carbocycles. The lowest BCUT2D eigenvalue weighted by Gasteiger charge is -2.35. The Morgan fingerprint density at radius 3 is 2.40 bits per heavy atom. The van der Waals surface area contributed by atoms with Gasteiger partial charge in [0.25, 0.3) is 0 Å². The third kappa shape index (κ3) is 4.35. The lowest BCUT2D eigenvalue weighted by Crippen LogP contribution is -2.47. The van der Waals surface area contributed by atoms with Crippen LogP contribution in [0.5, 0.6) is 5.75 Å². The molecule has 112 valence electrons.